The van der Waals surface area contributed by atoms with Gasteiger partial charge in [0, 0.05) is 25.0 Å². The topological polar surface area (TPSA) is 67.6 Å². The van der Waals surface area contributed by atoms with Gasteiger partial charge in [0.2, 0.25) is 5.91 Å². The van der Waals surface area contributed by atoms with Crippen LogP contribution >= 0.6 is 0 Å². The van der Waals surface area contributed by atoms with Crippen molar-refractivity contribution in [2.75, 3.05) is 32.8 Å². The molecule has 0 aromatic carbocycles. The third-order valence-corrected chi connectivity index (χ3v) is 5.32. The Labute approximate surface area is 135 Å². The lowest BCUT2D eigenvalue weighted by molar-refractivity contribution is -0.170. The average molecular weight is 313 g/mol. The van der Waals surface area contributed by atoms with Crippen LogP contribution in [-0.4, -0.2) is 55.2 Å². The van der Waals surface area contributed by atoms with Gasteiger partial charge in [-0.1, -0.05) is 27.7 Å². The highest BCUT2D eigenvalue weighted by atomic mass is 16.5. The molecule has 0 heterocycles. The number of amides is 1. The molecule has 1 amide bonds. The minimum absolute atomic E-state index is 0.0312. The van der Waals surface area contributed by atoms with Gasteiger partial charge in [-0.05, 0) is 39.4 Å². The number of nitrogens with zero attached hydrogens (tertiary/aromatic N) is 1. The number of hydrogen-bond donors (Lipinski definition) is 2. The quantitative estimate of drug-likeness (QED) is 0.603. The van der Waals surface area contributed by atoms with Gasteiger partial charge >= 0.3 is 0 Å². The monoisotopic (exact) mass is 313 g/mol. The molecule has 0 bridgehead atoms. The molecular weight excluding hydrogens is 278 g/mol. The zero-order chi connectivity index (χ0) is 16.8. The van der Waals surface area contributed by atoms with E-state index < -0.39 is 5.54 Å². The summed E-state index contributed by atoms with van der Waals surface area (Å²) in [4.78, 5) is 14.8. The highest BCUT2D eigenvalue weighted by Gasteiger charge is 2.62. The standard InChI is InChI=1S/C17H35N3O2/c1-6-20(7-2)12-10-9-11-19-15(21)17(18)13-14(22-8-3)16(17,4)5/h14H,6-13,18H2,1-5H3,(H,19,21). The van der Waals surface area contributed by atoms with Crippen molar-refractivity contribution >= 4 is 5.91 Å². The van der Waals surface area contributed by atoms with Crippen molar-refractivity contribution in [3.63, 3.8) is 0 Å². The van der Waals surface area contributed by atoms with Crippen molar-refractivity contribution in [3.05, 3.63) is 0 Å². The highest BCUT2D eigenvalue weighted by molar-refractivity contribution is 5.88. The molecule has 1 saturated carbocycles. The fourth-order valence-electron chi connectivity index (χ4n) is 3.18. The predicted molar refractivity (Wildman–Crippen MR) is 90.8 cm³/mol. The van der Waals surface area contributed by atoms with E-state index in [0.29, 0.717) is 19.6 Å². The summed E-state index contributed by atoms with van der Waals surface area (Å²) in [5.41, 5.74) is 5.24. The lowest BCUT2D eigenvalue weighted by Crippen LogP contribution is -2.75. The summed E-state index contributed by atoms with van der Waals surface area (Å²) in [6.07, 6.45) is 2.79. The number of unbranched alkanes of at least 4 members (excludes halogenated alkanes) is 1. The maximum Gasteiger partial charge on any atom is 0.240 e. The molecule has 2 atom stereocenters. The Kier molecular flexibility index (Phi) is 7.29. The first-order valence-corrected chi connectivity index (χ1v) is 8.74. The third kappa shape index (κ3) is 4.00. The minimum atomic E-state index is -0.800. The SMILES string of the molecule is CCOC1CC(N)(C(=O)NCCCCN(CC)CC)C1(C)C. The second kappa shape index (κ2) is 8.27. The van der Waals surface area contributed by atoms with Crippen LogP contribution < -0.4 is 11.1 Å². The minimum Gasteiger partial charge on any atom is -0.378 e. The van der Waals surface area contributed by atoms with Crippen molar-refractivity contribution in [1.82, 2.24) is 10.2 Å². The first-order chi connectivity index (χ1) is 10.3. The lowest BCUT2D eigenvalue weighted by Gasteiger charge is -2.57. The molecule has 2 unspecified atom stereocenters. The van der Waals surface area contributed by atoms with Gasteiger partial charge in [0.25, 0.3) is 0 Å². The first kappa shape index (κ1) is 19.4. The van der Waals surface area contributed by atoms with E-state index in [4.69, 9.17) is 10.5 Å². The zero-order valence-corrected chi connectivity index (χ0v) is 15.1. The van der Waals surface area contributed by atoms with Gasteiger partial charge in [-0.15, -0.1) is 0 Å². The Balaban J connectivity index is 2.31. The molecule has 3 N–H and O–H groups in total. The van der Waals surface area contributed by atoms with Gasteiger partial charge < -0.3 is 20.7 Å². The van der Waals surface area contributed by atoms with E-state index in [9.17, 15) is 4.79 Å². The molecule has 0 aromatic rings. The van der Waals surface area contributed by atoms with E-state index in [0.717, 1.165) is 32.5 Å². The molecule has 0 spiro atoms. The summed E-state index contributed by atoms with van der Waals surface area (Å²) >= 11 is 0. The molecular formula is C17H35N3O2. The van der Waals surface area contributed by atoms with Crippen LogP contribution in [0.25, 0.3) is 0 Å². The summed E-state index contributed by atoms with van der Waals surface area (Å²) in [7, 11) is 0. The number of nitrogens with two attached hydrogens (primary N) is 1. The molecule has 1 aliphatic carbocycles. The Hall–Kier alpha value is -0.650. The van der Waals surface area contributed by atoms with E-state index in [1.807, 2.05) is 20.8 Å². The van der Waals surface area contributed by atoms with Crippen LogP contribution in [0.4, 0.5) is 0 Å². The molecule has 0 saturated heterocycles. The van der Waals surface area contributed by atoms with Crippen molar-refractivity contribution < 1.29 is 9.53 Å². The molecule has 1 rings (SSSR count). The van der Waals surface area contributed by atoms with Crippen molar-refractivity contribution in [3.8, 4) is 0 Å². The second-order valence-electron chi connectivity index (χ2n) is 6.83. The van der Waals surface area contributed by atoms with Crippen LogP contribution in [0, 0.1) is 5.41 Å². The third-order valence-electron chi connectivity index (χ3n) is 5.32. The molecule has 1 aliphatic rings. The molecule has 5 heteroatoms. The Morgan fingerprint density at radius 1 is 1.27 bits per heavy atom. The van der Waals surface area contributed by atoms with E-state index in [1.54, 1.807) is 0 Å². The summed E-state index contributed by atoms with van der Waals surface area (Å²) < 4.78 is 5.67. The van der Waals surface area contributed by atoms with E-state index in [2.05, 4.69) is 24.1 Å². The summed E-state index contributed by atoms with van der Waals surface area (Å²) in [5.74, 6) is -0.0312. The first-order valence-electron chi connectivity index (χ1n) is 8.74. The molecule has 0 aliphatic heterocycles. The van der Waals surface area contributed by atoms with Gasteiger partial charge in [0.05, 0.1) is 6.10 Å². The maximum atomic E-state index is 12.4. The largest absolute Gasteiger partial charge is 0.378 e. The predicted octanol–water partition coefficient (Wildman–Crippen LogP) is 1.76. The normalized spacial score (nSPS) is 26.8. The molecule has 22 heavy (non-hydrogen) atoms. The summed E-state index contributed by atoms with van der Waals surface area (Å²) in [5, 5.41) is 3.02. The van der Waals surface area contributed by atoms with Crippen LogP contribution in [0.1, 0.15) is 53.9 Å². The Bertz CT molecular complexity index is 356. The summed E-state index contributed by atoms with van der Waals surface area (Å²) in [6, 6.07) is 0. The van der Waals surface area contributed by atoms with Crippen LogP contribution in [0.3, 0.4) is 0 Å². The molecule has 5 nitrogen and oxygen atoms in total. The van der Waals surface area contributed by atoms with Gasteiger partial charge in [0.15, 0.2) is 0 Å². The molecule has 1 fully saturated rings. The van der Waals surface area contributed by atoms with Crippen molar-refractivity contribution in [2.24, 2.45) is 11.1 Å². The Morgan fingerprint density at radius 2 is 1.91 bits per heavy atom. The number of rotatable bonds is 10. The van der Waals surface area contributed by atoms with Crippen LogP contribution in [0.5, 0.6) is 0 Å². The number of hydrogen-bond acceptors (Lipinski definition) is 4. The maximum absolute atomic E-state index is 12.4. The number of ether oxygens (including phenoxy) is 1. The molecule has 0 radical (unpaired) electrons. The van der Waals surface area contributed by atoms with Gasteiger partial charge in [-0.25, -0.2) is 0 Å². The smallest absolute Gasteiger partial charge is 0.240 e. The van der Waals surface area contributed by atoms with Crippen molar-refractivity contribution in [2.45, 2.75) is 65.5 Å². The van der Waals surface area contributed by atoms with Gasteiger partial charge in [-0.3, -0.25) is 4.79 Å². The van der Waals surface area contributed by atoms with Crippen molar-refractivity contribution in [1.29, 1.82) is 0 Å². The molecule has 130 valence electrons. The number of carbonyl (C=O) groups excluding carboxylic acids is 1. The zero-order valence-electron chi connectivity index (χ0n) is 15.1. The van der Waals surface area contributed by atoms with Gasteiger partial charge in [-0.2, -0.15) is 0 Å². The second-order valence-corrected chi connectivity index (χ2v) is 6.83. The fourth-order valence-corrected chi connectivity index (χ4v) is 3.18. The van der Waals surface area contributed by atoms with Crippen LogP contribution in [0.15, 0.2) is 0 Å². The number of carbonyl (C=O) groups is 1. The van der Waals surface area contributed by atoms with E-state index >= 15 is 0 Å². The summed E-state index contributed by atoms with van der Waals surface area (Å²) in [6.45, 7) is 15.0. The molecule has 0 aromatic heterocycles. The van der Waals surface area contributed by atoms with E-state index in [-0.39, 0.29) is 17.4 Å². The number of nitrogens with one attached hydrogen (secondary N) is 1. The lowest BCUT2D eigenvalue weighted by atomic mass is 9.54. The average Bonchev–Trinajstić information content (AvgIpc) is 2.50. The van der Waals surface area contributed by atoms with Crippen LogP contribution in [0.2, 0.25) is 0 Å². The Morgan fingerprint density at radius 3 is 2.41 bits per heavy atom. The fraction of sp³-hybridized carbons (Fsp3) is 0.941. The van der Waals surface area contributed by atoms with Gasteiger partial charge in [0.1, 0.15) is 5.54 Å². The highest BCUT2D eigenvalue weighted by Crippen LogP contribution is 2.49. The van der Waals surface area contributed by atoms with Crippen LogP contribution in [-0.2, 0) is 9.53 Å². The van der Waals surface area contributed by atoms with E-state index in [1.165, 1.54) is 0 Å².